The minimum atomic E-state index is -0.996. The molecule has 0 amide bonds. The minimum absolute atomic E-state index is 0.0899. The maximum absolute atomic E-state index is 13.6. The summed E-state index contributed by atoms with van der Waals surface area (Å²) in [6.07, 6.45) is -0.708. The first-order valence-corrected chi connectivity index (χ1v) is 6.23. The van der Waals surface area contributed by atoms with Crippen molar-refractivity contribution in [1.82, 2.24) is 0 Å². The summed E-state index contributed by atoms with van der Waals surface area (Å²) in [7, 11) is 0. The second kappa shape index (κ2) is 5.59. The molecule has 0 aliphatic heterocycles. The van der Waals surface area contributed by atoms with Crippen molar-refractivity contribution in [3.63, 3.8) is 0 Å². The fraction of sp³-hybridized carbons (Fsp3) is 0.143. The van der Waals surface area contributed by atoms with Crippen molar-refractivity contribution < 1.29 is 13.9 Å². The van der Waals surface area contributed by atoms with Gasteiger partial charge in [-0.2, -0.15) is 0 Å². The van der Waals surface area contributed by atoms with Gasteiger partial charge < -0.3 is 5.11 Å². The number of halogens is 3. The van der Waals surface area contributed by atoms with Crippen LogP contribution < -0.4 is 0 Å². The summed E-state index contributed by atoms with van der Waals surface area (Å²) in [6, 6.07) is 11.3. The fourth-order valence-corrected chi connectivity index (χ4v) is 2.10. The van der Waals surface area contributed by atoms with Crippen molar-refractivity contribution in [3.8, 4) is 0 Å². The van der Waals surface area contributed by atoms with E-state index in [9.17, 15) is 13.9 Å². The Morgan fingerprint density at radius 3 is 2.39 bits per heavy atom. The van der Waals surface area contributed by atoms with Gasteiger partial charge in [0.2, 0.25) is 0 Å². The Bertz CT molecular complexity index is 543. The van der Waals surface area contributed by atoms with Crippen LogP contribution in [0, 0.1) is 11.6 Å². The second-order valence-electron chi connectivity index (χ2n) is 3.99. The van der Waals surface area contributed by atoms with E-state index in [2.05, 4.69) is 15.9 Å². The maximum atomic E-state index is 13.6. The van der Waals surface area contributed by atoms with E-state index in [1.807, 2.05) is 30.3 Å². The van der Waals surface area contributed by atoms with Crippen LogP contribution in [0.25, 0.3) is 0 Å². The van der Waals surface area contributed by atoms with Crippen molar-refractivity contribution >= 4 is 15.9 Å². The van der Waals surface area contributed by atoms with Crippen LogP contribution >= 0.6 is 15.9 Å². The molecule has 2 aromatic rings. The molecule has 18 heavy (non-hydrogen) atoms. The van der Waals surface area contributed by atoms with Crippen LogP contribution in [0.3, 0.4) is 0 Å². The largest absolute Gasteiger partial charge is 0.388 e. The van der Waals surface area contributed by atoms with Crippen molar-refractivity contribution in [2.75, 3.05) is 0 Å². The van der Waals surface area contributed by atoms with Crippen molar-refractivity contribution in [1.29, 1.82) is 0 Å². The van der Waals surface area contributed by atoms with Gasteiger partial charge in [0.15, 0.2) is 0 Å². The highest BCUT2D eigenvalue weighted by Gasteiger charge is 2.16. The van der Waals surface area contributed by atoms with Crippen molar-refractivity contribution in [2.45, 2.75) is 12.5 Å². The Hall–Kier alpha value is -1.26. The Balaban J connectivity index is 2.24. The quantitative estimate of drug-likeness (QED) is 0.849. The lowest BCUT2D eigenvalue weighted by Crippen LogP contribution is -2.05. The Morgan fingerprint density at radius 2 is 1.72 bits per heavy atom. The Labute approximate surface area is 112 Å². The summed E-state index contributed by atoms with van der Waals surface area (Å²) in [5.41, 5.74) is 0.983. The molecule has 4 heteroatoms. The lowest BCUT2D eigenvalue weighted by molar-refractivity contribution is 0.173. The summed E-state index contributed by atoms with van der Waals surface area (Å²) in [5, 5.41) is 9.99. The first-order valence-electron chi connectivity index (χ1n) is 5.44. The molecule has 1 N–H and O–H groups in total. The van der Waals surface area contributed by atoms with E-state index >= 15 is 0 Å². The van der Waals surface area contributed by atoms with Crippen LogP contribution in [0.15, 0.2) is 46.9 Å². The van der Waals surface area contributed by atoms with E-state index in [1.165, 1.54) is 6.07 Å². The normalized spacial score (nSPS) is 12.4. The standard InChI is InChI=1S/C14H11BrF2O/c15-11-7-10(12(16)8-13(11)17)14(18)6-9-4-2-1-3-5-9/h1-5,7-8,14,18H,6H2. The third-order valence-corrected chi connectivity index (χ3v) is 3.28. The van der Waals surface area contributed by atoms with Gasteiger partial charge in [-0.3, -0.25) is 0 Å². The molecule has 2 rings (SSSR count). The van der Waals surface area contributed by atoms with Gasteiger partial charge in [0.1, 0.15) is 11.6 Å². The average molecular weight is 313 g/mol. The van der Waals surface area contributed by atoms with Gasteiger partial charge in [-0.15, -0.1) is 0 Å². The van der Waals surface area contributed by atoms with Gasteiger partial charge in [0.25, 0.3) is 0 Å². The molecule has 0 aliphatic rings. The van der Waals surface area contributed by atoms with Gasteiger partial charge in [0.05, 0.1) is 10.6 Å². The zero-order chi connectivity index (χ0) is 13.1. The van der Waals surface area contributed by atoms with E-state index in [0.717, 1.165) is 11.6 Å². The highest BCUT2D eigenvalue weighted by atomic mass is 79.9. The van der Waals surface area contributed by atoms with Gasteiger partial charge in [-0.05, 0) is 27.6 Å². The molecule has 0 fully saturated rings. The van der Waals surface area contributed by atoms with Crippen molar-refractivity contribution in [2.24, 2.45) is 0 Å². The van der Waals surface area contributed by atoms with E-state index in [0.29, 0.717) is 0 Å². The summed E-state index contributed by atoms with van der Waals surface area (Å²) in [4.78, 5) is 0. The minimum Gasteiger partial charge on any atom is -0.388 e. The molecular formula is C14H11BrF2O. The van der Waals surface area contributed by atoms with E-state index in [1.54, 1.807) is 0 Å². The zero-order valence-corrected chi connectivity index (χ0v) is 11.0. The summed E-state index contributed by atoms with van der Waals surface area (Å²) < 4.78 is 26.8. The van der Waals surface area contributed by atoms with Crippen LogP contribution in [-0.2, 0) is 6.42 Å². The number of hydrogen-bond acceptors (Lipinski definition) is 1. The van der Waals surface area contributed by atoms with Crippen LogP contribution in [-0.4, -0.2) is 5.11 Å². The molecule has 0 heterocycles. The van der Waals surface area contributed by atoms with Crippen LogP contribution in [0.1, 0.15) is 17.2 Å². The zero-order valence-electron chi connectivity index (χ0n) is 9.41. The first kappa shape index (κ1) is 13.2. The highest BCUT2D eigenvalue weighted by Crippen LogP contribution is 2.26. The molecule has 0 bridgehead atoms. The Morgan fingerprint density at radius 1 is 1.06 bits per heavy atom. The number of benzene rings is 2. The van der Waals surface area contributed by atoms with Crippen LogP contribution in [0.5, 0.6) is 0 Å². The molecule has 1 atom stereocenters. The topological polar surface area (TPSA) is 20.2 Å². The first-order chi connectivity index (χ1) is 8.58. The molecule has 0 spiro atoms. The average Bonchev–Trinajstić information content (AvgIpc) is 2.35. The predicted octanol–water partition coefficient (Wildman–Crippen LogP) is 4.00. The summed E-state index contributed by atoms with van der Waals surface area (Å²) in [5.74, 6) is -1.41. The molecule has 1 unspecified atom stereocenters. The van der Waals surface area contributed by atoms with Gasteiger partial charge >= 0.3 is 0 Å². The van der Waals surface area contributed by atoms with Crippen LogP contribution in [0.2, 0.25) is 0 Å². The lowest BCUT2D eigenvalue weighted by atomic mass is 10.0. The molecule has 0 aliphatic carbocycles. The number of rotatable bonds is 3. The van der Waals surface area contributed by atoms with Gasteiger partial charge in [-0.25, -0.2) is 8.78 Å². The lowest BCUT2D eigenvalue weighted by Gasteiger charge is -2.13. The smallest absolute Gasteiger partial charge is 0.140 e. The molecular weight excluding hydrogens is 302 g/mol. The maximum Gasteiger partial charge on any atom is 0.140 e. The fourth-order valence-electron chi connectivity index (χ4n) is 1.74. The molecule has 1 nitrogen and oxygen atoms in total. The van der Waals surface area contributed by atoms with E-state index in [-0.39, 0.29) is 16.5 Å². The SMILES string of the molecule is OC(Cc1ccccc1)c1cc(Br)c(F)cc1F. The van der Waals surface area contributed by atoms with Gasteiger partial charge in [-0.1, -0.05) is 30.3 Å². The number of hydrogen-bond donors (Lipinski definition) is 1. The number of aliphatic hydroxyl groups excluding tert-OH is 1. The Kier molecular flexibility index (Phi) is 4.09. The van der Waals surface area contributed by atoms with E-state index < -0.39 is 17.7 Å². The highest BCUT2D eigenvalue weighted by molar-refractivity contribution is 9.10. The predicted molar refractivity (Wildman–Crippen MR) is 69.2 cm³/mol. The molecule has 0 aromatic heterocycles. The second-order valence-corrected chi connectivity index (χ2v) is 4.85. The molecule has 94 valence electrons. The molecule has 0 saturated carbocycles. The third-order valence-electron chi connectivity index (χ3n) is 2.67. The molecule has 0 radical (unpaired) electrons. The number of aliphatic hydroxyl groups is 1. The molecule has 0 saturated heterocycles. The molecule has 2 aromatic carbocycles. The summed E-state index contributed by atoms with van der Waals surface area (Å²) >= 11 is 2.98. The van der Waals surface area contributed by atoms with E-state index in [4.69, 9.17) is 0 Å². The third kappa shape index (κ3) is 2.94. The van der Waals surface area contributed by atoms with Crippen molar-refractivity contribution in [3.05, 3.63) is 69.7 Å². The van der Waals surface area contributed by atoms with Crippen LogP contribution in [0.4, 0.5) is 8.78 Å². The van der Waals surface area contributed by atoms with Gasteiger partial charge in [0, 0.05) is 18.1 Å². The summed E-state index contributed by atoms with van der Waals surface area (Å²) in [6.45, 7) is 0. The monoisotopic (exact) mass is 312 g/mol.